The first kappa shape index (κ1) is 19.2. The summed E-state index contributed by atoms with van der Waals surface area (Å²) < 4.78 is 5.63. The monoisotopic (exact) mass is 393 g/mol. The van der Waals surface area contributed by atoms with Crippen molar-refractivity contribution in [2.75, 3.05) is 31.1 Å². The molecule has 152 valence electrons. The van der Waals surface area contributed by atoms with Crippen molar-refractivity contribution >= 4 is 17.6 Å². The Bertz CT molecular complexity index is 878. The second-order valence-electron chi connectivity index (χ2n) is 7.77. The molecule has 4 rings (SSSR count). The number of nitrogens with zero attached hydrogens (tertiary/aromatic N) is 3. The molecule has 1 aromatic heterocycles. The van der Waals surface area contributed by atoms with Crippen LogP contribution in [0.25, 0.3) is 0 Å². The molecule has 0 saturated carbocycles. The number of fused-ring (bicyclic) bond motifs is 1. The van der Waals surface area contributed by atoms with E-state index in [2.05, 4.69) is 9.88 Å². The highest BCUT2D eigenvalue weighted by Gasteiger charge is 2.22. The quantitative estimate of drug-likeness (QED) is 0.471. The predicted octanol–water partition coefficient (Wildman–Crippen LogP) is 2.41. The lowest BCUT2D eigenvalue weighted by Gasteiger charge is -2.33. The van der Waals surface area contributed by atoms with Crippen LogP contribution in [-0.4, -0.2) is 48.1 Å². The Hall–Kier alpha value is -3.09. The first-order chi connectivity index (χ1) is 14.1. The minimum absolute atomic E-state index is 0.0711. The lowest BCUT2D eigenvalue weighted by atomic mass is 9.97. The van der Waals surface area contributed by atoms with Crippen LogP contribution in [-0.2, 0) is 17.7 Å². The molecular weight excluding hydrogens is 366 g/mol. The normalized spacial score (nSPS) is 17.0. The number of hydrogen-bond acceptors (Lipinski definition) is 5. The van der Waals surface area contributed by atoms with E-state index in [1.807, 2.05) is 47.6 Å². The Morgan fingerprint density at radius 1 is 1.14 bits per heavy atom. The zero-order valence-electron chi connectivity index (χ0n) is 16.5. The van der Waals surface area contributed by atoms with Crippen molar-refractivity contribution in [2.24, 2.45) is 11.7 Å². The summed E-state index contributed by atoms with van der Waals surface area (Å²) in [6.45, 7) is 3.70. The van der Waals surface area contributed by atoms with Crippen molar-refractivity contribution in [1.82, 2.24) is 9.88 Å². The fourth-order valence-electron chi connectivity index (χ4n) is 4.08. The van der Waals surface area contributed by atoms with Crippen molar-refractivity contribution in [3.05, 3.63) is 59.4 Å². The highest BCUT2D eigenvalue weighted by Crippen LogP contribution is 2.24. The maximum absolute atomic E-state index is 12.6. The van der Waals surface area contributed by atoms with Crippen LogP contribution in [0.5, 0.6) is 0 Å². The average Bonchev–Trinajstić information content (AvgIpc) is 2.77. The Morgan fingerprint density at radius 3 is 2.62 bits per heavy atom. The van der Waals surface area contributed by atoms with Gasteiger partial charge in [-0.05, 0) is 60.6 Å². The van der Waals surface area contributed by atoms with Crippen molar-refractivity contribution in [1.29, 1.82) is 5.41 Å². The van der Waals surface area contributed by atoms with Gasteiger partial charge in [-0.1, -0.05) is 6.07 Å². The van der Waals surface area contributed by atoms with E-state index in [1.54, 1.807) is 0 Å². The molecular formula is C22H27N5O2. The van der Waals surface area contributed by atoms with Crippen LogP contribution >= 0.6 is 0 Å². The second kappa shape index (κ2) is 8.51. The number of hydrogen-bond donors (Lipinski definition) is 2. The first-order valence-electron chi connectivity index (χ1n) is 10.1. The SMILES string of the molecule is N=C(N)N1CCc2ccc(C(=O)OCC3CCN(c4ccncc4)CC3)cc2C1. The van der Waals surface area contributed by atoms with Gasteiger partial charge in [0.15, 0.2) is 5.96 Å². The molecule has 0 aliphatic carbocycles. The number of nitrogens with one attached hydrogen (secondary N) is 1. The van der Waals surface area contributed by atoms with Gasteiger partial charge in [-0.2, -0.15) is 0 Å². The third-order valence-electron chi connectivity index (χ3n) is 5.89. The number of carbonyl (C=O) groups is 1. The van der Waals surface area contributed by atoms with Gasteiger partial charge in [-0.3, -0.25) is 10.4 Å². The van der Waals surface area contributed by atoms with Crippen molar-refractivity contribution < 1.29 is 9.53 Å². The number of guanidine groups is 1. The van der Waals surface area contributed by atoms with E-state index in [-0.39, 0.29) is 11.9 Å². The van der Waals surface area contributed by atoms with E-state index in [0.717, 1.165) is 44.5 Å². The molecule has 0 radical (unpaired) electrons. The molecule has 0 bridgehead atoms. The van der Waals surface area contributed by atoms with Crippen LogP contribution in [0.3, 0.4) is 0 Å². The molecule has 7 heteroatoms. The highest BCUT2D eigenvalue weighted by molar-refractivity contribution is 5.89. The number of anilines is 1. The van der Waals surface area contributed by atoms with Crippen molar-refractivity contribution in [3.63, 3.8) is 0 Å². The van der Waals surface area contributed by atoms with Crippen molar-refractivity contribution in [2.45, 2.75) is 25.8 Å². The Kier molecular flexibility index (Phi) is 5.64. The van der Waals surface area contributed by atoms with E-state index in [9.17, 15) is 4.79 Å². The van der Waals surface area contributed by atoms with Gasteiger partial charge in [0.05, 0.1) is 12.2 Å². The average molecular weight is 393 g/mol. The van der Waals surface area contributed by atoms with Gasteiger partial charge in [0.2, 0.25) is 0 Å². The van der Waals surface area contributed by atoms with E-state index in [4.69, 9.17) is 15.9 Å². The number of pyridine rings is 1. The lowest BCUT2D eigenvalue weighted by Crippen LogP contribution is -2.40. The van der Waals surface area contributed by atoms with Crippen LogP contribution in [0.1, 0.15) is 34.3 Å². The summed E-state index contributed by atoms with van der Waals surface area (Å²) in [7, 11) is 0. The molecule has 1 saturated heterocycles. The van der Waals surface area contributed by atoms with Crippen LogP contribution in [0.15, 0.2) is 42.7 Å². The van der Waals surface area contributed by atoms with Gasteiger partial charge in [-0.15, -0.1) is 0 Å². The van der Waals surface area contributed by atoms with Gasteiger partial charge in [0.25, 0.3) is 0 Å². The molecule has 3 N–H and O–H groups in total. The topological polar surface area (TPSA) is 95.5 Å². The fourth-order valence-corrected chi connectivity index (χ4v) is 4.08. The zero-order valence-corrected chi connectivity index (χ0v) is 16.5. The minimum atomic E-state index is -0.274. The molecule has 1 aromatic carbocycles. The van der Waals surface area contributed by atoms with Crippen LogP contribution in [0.2, 0.25) is 0 Å². The molecule has 3 heterocycles. The maximum Gasteiger partial charge on any atom is 0.338 e. The third-order valence-corrected chi connectivity index (χ3v) is 5.89. The molecule has 0 amide bonds. The summed E-state index contributed by atoms with van der Waals surface area (Å²) in [6.07, 6.45) is 6.48. The summed E-state index contributed by atoms with van der Waals surface area (Å²) in [5.74, 6) is 0.189. The number of rotatable bonds is 4. The molecule has 0 atom stereocenters. The number of esters is 1. The molecule has 7 nitrogen and oxygen atoms in total. The van der Waals surface area contributed by atoms with Gasteiger partial charge < -0.3 is 20.3 Å². The summed E-state index contributed by atoms with van der Waals surface area (Å²) in [4.78, 5) is 20.8. The molecule has 29 heavy (non-hydrogen) atoms. The standard InChI is InChI=1S/C22H27N5O2/c23-22(24)27-12-7-17-1-2-18(13-19(17)14-27)21(28)29-15-16-5-10-26(11-6-16)20-3-8-25-9-4-20/h1-4,8-9,13,16H,5-7,10-12,14-15H2,(H3,23,24). The molecule has 1 fully saturated rings. The summed E-state index contributed by atoms with van der Waals surface area (Å²) in [5, 5.41) is 7.62. The first-order valence-corrected chi connectivity index (χ1v) is 10.1. The highest BCUT2D eigenvalue weighted by atomic mass is 16.5. The van der Waals surface area contributed by atoms with E-state index in [0.29, 0.717) is 24.6 Å². The molecule has 2 aromatic rings. The number of aromatic nitrogens is 1. The molecule has 0 spiro atoms. The van der Waals surface area contributed by atoms with E-state index < -0.39 is 0 Å². The number of nitrogens with two attached hydrogens (primary N) is 1. The van der Waals surface area contributed by atoms with Gasteiger partial charge in [0, 0.05) is 44.3 Å². The van der Waals surface area contributed by atoms with Gasteiger partial charge >= 0.3 is 5.97 Å². The predicted molar refractivity (Wildman–Crippen MR) is 112 cm³/mol. The van der Waals surface area contributed by atoms with Gasteiger partial charge in [-0.25, -0.2) is 4.79 Å². The maximum atomic E-state index is 12.6. The molecule has 2 aliphatic rings. The number of ether oxygens (including phenoxy) is 1. The smallest absolute Gasteiger partial charge is 0.338 e. The third kappa shape index (κ3) is 4.50. The van der Waals surface area contributed by atoms with Crippen LogP contribution in [0.4, 0.5) is 5.69 Å². The number of carbonyl (C=O) groups excluding carboxylic acids is 1. The van der Waals surface area contributed by atoms with Crippen LogP contribution < -0.4 is 10.6 Å². The van der Waals surface area contributed by atoms with Gasteiger partial charge in [0.1, 0.15) is 0 Å². The Balaban J connectivity index is 1.29. The van der Waals surface area contributed by atoms with E-state index >= 15 is 0 Å². The number of piperidine rings is 1. The molecule has 2 aliphatic heterocycles. The Labute approximate surface area is 171 Å². The fraction of sp³-hybridized carbons (Fsp3) is 0.409. The summed E-state index contributed by atoms with van der Waals surface area (Å²) in [5.41, 5.74) is 9.64. The largest absolute Gasteiger partial charge is 0.462 e. The lowest BCUT2D eigenvalue weighted by molar-refractivity contribution is 0.0420. The summed E-state index contributed by atoms with van der Waals surface area (Å²) in [6, 6.07) is 9.79. The number of benzene rings is 1. The summed E-state index contributed by atoms with van der Waals surface area (Å²) >= 11 is 0. The molecule has 0 unspecified atom stereocenters. The second-order valence-corrected chi connectivity index (χ2v) is 7.77. The van der Waals surface area contributed by atoms with E-state index in [1.165, 1.54) is 11.3 Å². The van der Waals surface area contributed by atoms with Crippen molar-refractivity contribution in [3.8, 4) is 0 Å². The minimum Gasteiger partial charge on any atom is -0.462 e. The van der Waals surface area contributed by atoms with Crippen LogP contribution in [0, 0.1) is 11.3 Å². The zero-order chi connectivity index (χ0) is 20.2. The Morgan fingerprint density at radius 2 is 1.90 bits per heavy atom.